The van der Waals surface area contributed by atoms with Crippen LogP contribution in [0.25, 0.3) is 0 Å². The highest BCUT2D eigenvalue weighted by atomic mass is 79.9. The maximum Gasteiger partial charge on any atom is 0.391 e. The fourth-order valence-electron chi connectivity index (χ4n) is 2.18. The third-order valence-electron chi connectivity index (χ3n) is 3.22. The van der Waals surface area contributed by atoms with Crippen LogP contribution in [0.5, 0.6) is 0 Å². The van der Waals surface area contributed by atoms with E-state index in [1.54, 1.807) is 5.51 Å². The standard InChI is InChI=1S/C10H11BrF3NOS/c11-8-7(17-5-15-8)9(16)3-1-6(2-4-9)10(12,13)14/h5-6,16H,1-4H2. The number of thiazole rings is 1. The van der Waals surface area contributed by atoms with Crippen molar-refractivity contribution in [3.8, 4) is 0 Å². The zero-order valence-corrected chi connectivity index (χ0v) is 11.2. The van der Waals surface area contributed by atoms with Crippen LogP contribution in [-0.2, 0) is 5.60 Å². The molecule has 0 amide bonds. The Morgan fingerprint density at radius 2 is 2.00 bits per heavy atom. The van der Waals surface area contributed by atoms with E-state index in [2.05, 4.69) is 20.9 Å². The van der Waals surface area contributed by atoms with Gasteiger partial charge < -0.3 is 5.11 Å². The third-order valence-corrected chi connectivity index (χ3v) is 5.11. The van der Waals surface area contributed by atoms with Crippen molar-refractivity contribution >= 4 is 27.3 Å². The summed E-state index contributed by atoms with van der Waals surface area (Å²) in [6.45, 7) is 0. The van der Waals surface area contributed by atoms with Crippen LogP contribution < -0.4 is 0 Å². The van der Waals surface area contributed by atoms with E-state index < -0.39 is 17.7 Å². The van der Waals surface area contributed by atoms with Gasteiger partial charge in [-0.15, -0.1) is 11.3 Å². The van der Waals surface area contributed by atoms with Gasteiger partial charge in [0.25, 0.3) is 0 Å². The fraction of sp³-hybridized carbons (Fsp3) is 0.700. The molecule has 0 spiro atoms. The Morgan fingerprint density at radius 3 is 2.41 bits per heavy atom. The lowest BCUT2D eigenvalue weighted by Crippen LogP contribution is -2.36. The van der Waals surface area contributed by atoms with Crippen LogP contribution in [0.2, 0.25) is 0 Å². The molecule has 2 rings (SSSR count). The van der Waals surface area contributed by atoms with E-state index in [1.807, 2.05) is 0 Å². The van der Waals surface area contributed by atoms with E-state index in [4.69, 9.17) is 0 Å². The van der Waals surface area contributed by atoms with Gasteiger partial charge >= 0.3 is 6.18 Å². The second-order valence-corrected chi connectivity index (χ2v) is 5.93. The molecule has 0 aromatic carbocycles. The Balaban J connectivity index is 2.11. The molecule has 1 saturated carbocycles. The summed E-state index contributed by atoms with van der Waals surface area (Å²) in [4.78, 5) is 4.59. The minimum Gasteiger partial charge on any atom is -0.384 e. The average molecular weight is 330 g/mol. The quantitative estimate of drug-likeness (QED) is 0.849. The lowest BCUT2D eigenvalue weighted by molar-refractivity contribution is -0.193. The molecule has 1 aliphatic rings. The van der Waals surface area contributed by atoms with E-state index in [-0.39, 0.29) is 25.7 Å². The van der Waals surface area contributed by atoms with Crippen LogP contribution in [0.4, 0.5) is 13.2 Å². The summed E-state index contributed by atoms with van der Waals surface area (Å²) in [7, 11) is 0. The molecule has 1 aromatic rings. The van der Waals surface area contributed by atoms with Gasteiger partial charge in [0.2, 0.25) is 0 Å². The second kappa shape index (κ2) is 4.51. The highest BCUT2D eigenvalue weighted by molar-refractivity contribution is 9.10. The molecule has 96 valence electrons. The van der Waals surface area contributed by atoms with Crippen molar-refractivity contribution in [2.75, 3.05) is 0 Å². The van der Waals surface area contributed by atoms with Crippen LogP contribution in [0, 0.1) is 5.92 Å². The van der Waals surface area contributed by atoms with Gasteiger partial charge in [-0.05, 0) is 41.6 Å². The fourth-order valence-corrected chi connectivity index (χ4v) is 3.91. The number of aromatic nitrogens is 1. The lowest BCUT2D eigenvalue weighted by Gasteiger charge is -2.36. The van der Waals surface area contributed by atoms with Crippen LogP contribution in [0.3, 0.4) is 0 Å². The molecule has 1 N–H and O–H groups in total. The molecular formula is C10H11BrF3NOS. The van der Waals surface area contributed by atoms with Crippen molar-refractivity contribution in [3.63, 3.8) is 0 Å². The Bertz CT molecular complexity index is 399. The smallest absolute Gasteiger partial charge is 0.384 e. The first-order chi connectivity index (χ1) is 7.83. The molecule has 2 nitrogen and oxygen atoms in total. The monoisotopic (exact) mass is 329 g/mol. The molecule has 1 fully saturated rings. The van der Waals surface area contributed by atoms with Gasteiger partial charge in [-0.3, -0.25) is 0 Å². The van der Waals surface area contributed by atoms with Crippen LogP contribution in [0.1, 0.15) is 30.6 Å². The van der Waals surface area contributed by atoms with E-state index >= 15 is 0 Å². The molecule has 1 aromatic heterocycles. The zero-order valence-electron chi connectivity index (χ0n) is 8.80. The highest BCUT2D eigenvalue weighted by Crippen LogP contribution is 2.47. The molecule has 0 atom stereocenters. The van der Waals surface area contributed by atoms with E-state index in [1.165, 1.54) is 11.3 Å². The first kappa shape index (κ1) is 13.3. The number of alkyl halides is 3. The number of nitrogens with zero attached hydrogens (tertiary/aromatic N) is 1. The van der Waals surface area contributed by atoms with Gasteiger partial charge in [0.15, 0.2) is 0 Å². The van der Waals surface area contributed by atoms with Gasteiger partial charge in [-0.1, -0.05) is 0 Å². The maximum atomic E-state index is 12.5. The summed E-state index contributed by atoms with van der Waals surface area (Å²) in [6, 6.07) is 0. The highest BCUT2D eigenvalue weighted by Gasteiger charge is 2.46. The SMILES string of the molecule is OC1(c2scnc2Br)CCC(C(F)(F)F)CC1. The topological polar surface area (TPSA) is 33.1 Å². The van der Waals surface area contributed by atoms with E-state index in [9.17, 15) is 18.3 Å². The lowest BCUT2D eigenvalue weighted by atomic mass is 9.78. The van der Waals surface area contributed by atoms with Crippen molar-refractivity contribution in [1.29, 1.82) is 0 Å². The number of hydrogen-bond donors (Lipinski definition) is 1. The molecule has 0 radical (unpaired) electrons. The van der Waals surface area contributed by atoms with Crippen LogP contribution >= 0.6 is 27.3 Å². The van der Waals surface area contributed by atoms with Gasteiger partial charge in [0.05, 0.1) is 16.3 Å². The minimum absolute atomic E-state index is 0.0235. The van der Waals surface area contributed by atoms with Gasteiger partial charge in [-0.2, -0.15) is 13.2 Å². The van der Waals surface area contributed by atoms with Crippen molar-refractivity contribution in [2.45, 2.75) is 37.5 Å². The first-order valence-corrected chi connectivity index (χ1v) is 6.89. The normalized spacial score (nSPS) is 30.5. The molecule has 7 heteroatoms. The summed E-state index contributed by atoms with van der Waals surface area (Å²) in [5.41, 5.74) is 0.426. The molecule has 17 heavy (non-hydrogen) atoms. The number of aliphatic hydroxyl groups is 1. The molecule has 1 aliphatic carbocycles. The predicted molar refractivity (Wildman–Crippen MR) is 61.7 cm³/mol. The summed E-state index contributed by atoms with van der Waals surface area (Å²) >= 11 is 4.48. The van der Waals surface area contributed by atoms with E-state index in [0.717, 1.165) is 0 Å². The van der Waals surface area contributed by atoms with E-state index in [0.29, 0.717) is 9.48 Å². The Kier molecular flexibility index (Phi) is 3.53. The van der Waals surface area contributed by atoms with Crippen LogP contribution in [0.15, 0.2) is 10.1 Å². The van der Waals surface area contributed by atoms with Gasteiger partial charge in [0.1, 0.15) is 10.2 Å². The summed E-state index contributed by atoms with van der Waals surface area (Å²) in [5, 5.41) is 10.4. The summed E-state index contributed by atoms with van der Waals surface area (Å²) < 4.78 is 38.1. The zero-order chi connectivity index (χ0) is 12.7. The molecule has 0 bridgehead atoms. The molecule has 0 unspecified atom stereocenters. The first-order valence-electron chi connectivity index (χ1n) is 5.21. The third kappa shape index (κ3) is 2.66. The average Bonchev–Trinajstić information content (AvgIpc) is 2.64. The molecule has 1 heterocycles. The summed E-state index contributed by atoms with van der Waals surface area (Å²) in [5.74, 6) is -1.28. The number of halogens is 4. The number of rotatable bonds is 1. The minimum atomic E-state index is -4.15. The Labute approximate surface area is 109 Å². The van der Waals surface area contributed by atoms with Crippen LogP contribution in [-0.4, -0.2) is 16.3 Å². The second-order valence-electron chi connectivity index (χ2n) is 4.32. The molecule has 0 saturated heterocycles. The number of hydrogen-bond acceptors (Lipinski definition) is 3. The Morgan fingerprint density at radius 1 is 1.41 bits per heavy atom. The molecule has 0 aliphatic heterocycles. The van der Waals surface area contributed by atoms with Gasteiger partial charge in [0, 0.05) is 0 Å². The summed E-state index contributed by atoms with van der Waals surface area (Å²) in [6.07, 6.45) is -3.92. The van der Waals surface area contributed by atoms with Gasteiger partial charge in [-0.25, -0.2) is 4.98 Å². The van der Waals surface area contributed by atoms with Crippen molar-refractivity contribution in [1.82, 2.24) is 4.98 Å². The predicted octanol–water partition coefficient (Wildman–Crippen LogP) is 3.85. The molecular weight excluding hydrogens is 319 g/mol. The Hall–Kier alpha value is -0.140. The largest absolute Gasteiger partial charge is 0.391 e. The maximum absolute atomic E-state index is 12.5. The van der Waals surface area contributed by atoms with Crippen molar-refractivity contribution < 1.29 is 18.3 Å². The van der Waals surface area contributed by atoms with Crippen molar-refractivity contribution in [2.24, 2.45) is 5.92 Å². The van der Waals surface area contributed by atoms with Crippen molar-refractivity contribution in [3.05, 3.63) is 15.0 Å².